The van der Waals surface area contributed by atoms with Crippen LogP contribution in [0.1, 0.15) is 51.8 Å². The molecule has 10 nitrogen and oxygen atoms in total. The first-order chi connectivity index (χ1) is 19.1. The minimum Gasteiger partial charge on any atom is -0.490 e. The molecular formula is C29H28N2O8S. The molecule has 0 fully saturated rings. The highest BCUT2D eigenvalue weighted by molar-refractivity contribution is 7.07. The van der Waals surface area contributed by atoms with E-state index in [0.717, 1.165) is 11.3 Å². The summed E-state index contributed by atoms with van der Waals surface area (Å²) in [6, 6.07) is 10.8. The largest absolute Gasteiger partial charge is 0.490 e. The van der Waals surface area contributed by atoms with Crippen LogP contribution in [0.3, 0.4) is 0 Å². The van der Waals surface area contributed by atoms with Crippen LogP contribution in [0.25, 0.3) is 6.08 Å². The molecule has 0 amide bonds. The van der Waals surface area contributed by atoms with E-state index in [-0.39, 0.29) is 23.7 Å². The van der Waals surface area contributed by atoms with Gasteiger partial charge >= 0.3 is 17.9 Å². The highest BCUT2D eigenvalue weighted by Gasteiger charge is 2.34. The lowest BCUT2D eigenvalue weighted by Gasteiger charge is -2.25. The lowest BCUT2D eigenvalue weighted by Crippen LogP contribution is -2.40. The number of carbonyl (C=O) groups excluding carboxylic acids is 3. The SMILES string of the molecule is CCOC(=O)C1=C(C)N=c2s/c(=C/c3ccccc3OC(C)=O)c(=O)n2C1c1ccc(OC(C)=O)c(OCC)c1. The van der Waals surface area contributed by atoms with Gasteiger partial charge in [0.15, 0.2) is 16.3 Å². The van der Waals surface area contributed by atoms with Gasteiger partial charge in [-0.1, -0.05) is 35.6 Å². The molecule has 208 valence electrons. The summed E-state index contributed by atoms with van der Waals surface area (Å²) < 4.78 is 23.4. The van der Waals surface area contributed by atoms with Crippen molar-refractivity contribution in [1.82, 2.24) is 4.57 Å². The Morgan fingerprint density at radius 1 is 0.975 bits per heavy atom. The van der Waals surface area contributed by atoms with Crippen LogP contribution in [0.2, 0.25) is 0 Å². The number of carbonyl (C=O) groups is 3. The van der Waals surface area contributed by atoms with Crippen LogP contribution in [0, 0.1) is 0 Å². The number of hydrogen-bond donors (Lipinski definition) is 0. The van der Waals surface area contributed by atoms with Crippen molar-refractivity contribution < 1.29 is 33.3 Å². The van der Waals surface area contributed by atoms with E-state index < -0.39 is 29.5 Å². The second-order valence-corrected chi connectivity index (χ2v) is 9.68. The number of fused-ring (bicyclic) bond motifs is 1. The van der Waals surface area contributed by atoms with Gasteiger partial charge in [0, 0.05) is 19.4 Å². The molecule has 0 N–H and O–H groups in total. The zero-order valence-corrected chi connectivity index (χ0v) is 23.5. The third kappa shape index (κ3) is 5.89. The molecule has 0 aliphatic carbocycles. The van der Waals surface area contributed by atoms with Crippen molar-refractivity contribution >= 4 is 35.3 Å². The predicted octanol–water partition coefficient (Wildman–Crippen LogP) is 3.05. The molecule has 1 unspecified atom stereocenters. The molecule has 40 heavy (non-hydrogen) atoms. The van der Waals surface area contributed by atoms with Crippen LogP contribution in [0.15, 0.2) is 63.5 Å². The number of nitrogens with zero attached hydrogens (tertiary/aromatic N) is 2. The van der Waals surface area contributed by atoms with Crippen LogP contribution >= 0.6 is 11.3 Å². The zero-order chi connectivity index (χ0) is 29.0. The summed E-state index contributed by atoms with van der Waals surface area (Å²) in [6.45, 7) is 8.18. The topological polar surface area (TPSA) is 122 Å². The Morgan fingerprint density at radius 2 is 1.68 bits per heavy atom. The second kappa shape index (κ2) is 12.1. The van der Waals surface area contributed by atoms with E-state index in [9.17, 15) is 19.2 Å². The number of ether oxygens (including phenoxy) is 4. The lowest BCUT2D eigenvalue weighted by molar-refractivity contribution is -0.139. The van der Waals surface area contributed by atoms with E-state index >= 15 is 0 Å². The average Bonchev–Trinajstić information content (AvgIpc) is 3.19. The van der Waals surface area contributed by atoms with Crippen molar-refractivity contribution in [3.05, 3.63) is 84.5 Å². The predicted molar refractivity (Wildman–Crippen MR) is 147 cm³/mol. The minimum atomic E-state index is -0.897. The fraction of sp³-hybridized carbons (Fsp3) is 0.276. The zero-order valence-electron chi connectivity index (χ0n) is 22.7. The van der Waals surface area contributed by atoms with E-state index in [1.54, 1.807) is 69.3 Å². The molecule has 4 rings (SSSR count). The fourth-order valence-corrected chi connectivity index (χ4v) is 5.34. The standard InChI is InChI=1S/C29H28N2O8S/c1-6-36-23-14-20(12-13-22(23)39-18(5)33)26-25(28(35)37-7-2)16(3)30-29-31(26)27(34)24(40-29)15-19-10-8-9-11-21(19)38-17(4)32/h8-15,26H,6-7H2,1-5H3/b24-15+. The van der Waals surface area contributed by atoms with Gasteiger partial charge in [-0.2, -0.15) is 0 Å². The smallest absolute Gasteiger partial charge is 0.338 e. The maximum Gasteiger partial charge on any atom is 0.338 e. The summed E-state index contributed by atoms with van der Waals surface area (Å²) in [4.78, 5) is 55.2. The molecule has 1 aliphatic heterocycles. The van der Waals surface area contributed by atoms with E-state index in [0.29, 0.717) is 38.5 Å². The van der Waals surface area contributed by atoms with Crippen LogP contribution in [-0.4, -0.2) is 35.7 Å². The molecule has 11 heteroatoms. The molecule has 1 atom stereocenters. The Bertz CT molecular complexity index is 1700. The summed E-state index contributed by atoms with van der Waals surface area (Å²) in [6.07, 6.45) is 1.62. The number of thiazole rings is 1. The number of allylic oxidation sites excluding steroid dienone is 1. The number of hydrogen-bond acceptors (Lipinski definition) is 10. The van der Waals surface area contributed by atoms with Gasteiger partial charge in [0.05, 0.1) is 35.1 Å². The Hall–Kier alpha value is -4.51. The normalized spacial score (nSPS) is 14.7. The molecule has 1 aliphatic rings. The van der Waals surface area contributed by atoms with Gasteiger partial charge in [-0.25, -0.2) is 9.79 Å². The minimum absolute atomic E-state index is 0.134. The van der Waals surface area contributed by atoms with Crippen molar-refractivity contribution in [2.75, 3.05) is 13.2 Å². The lowest BCUT2D eigenvalue weighted by atomic mass is 9.95. The number of para-hydroxylation sites is 1. The van der Waals surface area contributed by atoms with Crippen molar-refractivity contribution in [3.63, 3.8) is 0 Å². The van der Waals surface area contributed by atoms with Crippen molar-refractivity contribution in [3.8, 4) is 17.2 Å². The first kappa shape index (κ1) is 28.5. The van der Waals surface area contributed by atoms with Gasteiger partial charge in [0.25, 0.3) is 5.56 Å². The monoisotopic (exact) mass is 564 g/mol. The number of esters is 3. The molecule has 0 saturated heterocycles. The van der Waals surface area contributed by atoms with Gasteiger partial charge in [-0.15, -0.1) is 0 Å². The average molecular weight is 565 g/mol. The molecule has 0 saturated carbocycles. The third-order valence-electron chi connectivity index (χ3n) is 5.81. The summed E-state index contributed by atoms with van der Waals surface area (Å²) >= 11 is 1.14. The second-order valence-electron chi connectivity index (χ2n) is 8.67. The molecule has 0 bridgehead atoms. The maximum absolute atomic E-state index is 13.9. The molecule has 0 spiro atoms. The molecule has 2 heterocycles. The molecule has 1 aromatic heterocycles. The molecule has 3 aromatic rings. The molecule has 2 aromatic carbocycles. The first-order valence-electron chi connectivity index (χ1n) is 12.6. The van der Waals surface area contributed by atoms with Crippen LogP contribution < -0.4 is 29.1 Å². The van der Waals surface area contributed by atoms with Gasteiger partial charge in [-0.05, 0) is 50.6 Å². The van der Waals surface area contributed by atoms with Gasteiger partial charge < -0.3 is 18.9 Å². The highest BCUT2D eigenvalue weighted by Crippen LogP contribution is 2.36. The maximum atomic E-state index is 13.9. The number of rotatable bonds is 8. The van der Waals surface area contributed by atoms with Gasteiger partial charge in [-0.3, -0.25) is 19.0 Å². The first-order valence-corrected chi connectivity index (χ1v) is 13.4. The van der Waals surface area contributed by atoms with Crippen LogP contribution in [0.5, 0.6) is 17.2 Å². The Labute approximate surface area is 233 Å². The molecule has 0 radical (unpaired) electrons. The Morgan fingerprint density at radius 3 is 2.35 bits per heavy atom. The summed E-state index contributed by atoms with van der Waals surface area (Å²) in [5, 5.41) is 0. The Kier molecular flexibility index (Phi) is 8.64. The summed E-state index contributed by atoms with van der Waals surface area (Å²) in [7, 11) is 0. The highest BCUT2D eigenvalue weighted by atomic mass is 32.1. The van der Waals surface area contributed by atoms with Crippen molar-refractivity contribution in [2.45, 2.75) is 40.7 Å². The van der Waals surface area contributed by atoms with Crippen molar-refractivity contribution in [1.29, 1.82) is 0 Å². The van der Waals surface area contributed by atoms with E-state index in [4.69, 9.17) is 18.9 Å². The van der Waals surface area contributed by atoms with Crippen LogP contribution in [-0.2, 0) is 19.1 Å². The summed E-state index contributed by atoms with van der Waals surface area (Å²) in [5.74, 6) is -0.803. The van der Waals surface area contributed by atoms with Gasteiger partial charge in [0.1, 0.15) is 5.75 Å². The third-order valence-corrected chi connectivity index (χ3v) is 6.80. The van der Waals surface area contributed by atoms with Crippen LogP contribution in [0.4, 0.5) is 0 Å². The van der Waals surface area contributed by atoms with E-state index in [1.165, 1.54) is 18.4 Å². The van der Waals surface area contributed by atoms with E-state index in [1.807, 2.05) is 0 Å². The van der Waals surface area contributed by atoms with Gasteiger partial charge in [0.2, 0.25) is 0 Å². The quantitative estimate of drug-likeness (QED) is 0.302. The van der Waals surface area contributed by atoms with Crippen molar-refractivity contribution in [2.24, 2.45) is 4.99 Å². The number of aromatic nitrogens is 1. The summed E-state index contributed by atoms with van der Waals surface area (Å²) in [5.41, 5.74) is 1.26. The molecular weight excluding hydrogens is 536 g/mol. The Balaban J connectivity index is 1.95. The van der Waals surface area contributed by atoms with E-state index in [2.05, 4.69) is 4.99 Å². The number of benzene rings is 2. The fourth-order valence-electron chi connectivity index (χ4n) is 4.30.